The SMILES string of the molecule is COc1ccc(NS(=O)(=O)c2cn[nH]c2)cc1OC(F)F. The van der Waals surface area contributed by atoms with Gasteiger partial charge >= 0.3 is 6.61 Å². The molecule has 10 heteroatoms. The molecule has 1 aromatic heterocycles. The zero-order valence-electron chi connectivity index (χ0n) is 10.7. The minimum atomic E-state index is -3.86. The summed E-state index contributed by atoms with van der Waals surface area (Å²) in [6.07, 6.45) is 2.30. The topological polar surface area (TPSA) is 93.3 Å². The Labute approximate surface area is 118 Å². The van der Waals surface area contributed by atoms with Crippen molar-refractivity contribution in [2.75, 3.05) is 11.8 Å². The number of ether oxygens (including phenoxy) is 2. The predicted molar refractivity (Wildman–Crippen MR) is 69.0 cm³/mol. The van der Waals surface area contributed by atoms with Gasteiger partial charge in [-0.3, -0.25) is 9.82 Å². The van der Waals surface area contributed by atoms with Crippen LogP contribution in [-0.4, -0.2) is 32.3 Å². The van der Waals surface area contributed by atoms with Crippen LogP contribution in [0.15, 0.2) is 35.5 Å². The molecule has 1 heterocycles. The highest BCUT2D eigenvalue weighted by molar-refractivity contribution is 7.92. The fraction of sp³-hybridized carbons (Fsp3) is 0.182. The number of alkyl halides is 2. The van der Waals surface area contributed by atoms with Crippen LogP contribution >= 0.6 is 0 Å². The minimum absolute atomic E-state index is 0.0488. The maximum Gasteiger partial charge on any atom is 0.387 e. The van der Waals surface area contributed by atoms with E-state index in [4.69, 9.17) is 4.74 Å². The minimum Gasteiger partial charge on any atom is -0.493 e. The lowest BCUT2D eigenvalue weighted by molar-refractivity contribution is -0.0511. The second-order valence-electron chi connectivity index (χ2n) is 3.78. The number of hydrogen-bond acceptors (Lipinski definition) is 5. The number of benzene rings is 1. The molecule has 0 atom stereocenters. The summed E-state index contributed by atoms with van der Waals surface area (Å²) in [6, 6.07) is 3.77. The van der Waals surface area contributed by atoms with Gasteiger partial charge in [0, 0.05) is 12.3 Å². The number of methoxy groups -OCH3 is 1. The number of sulfonamides is 1. The van der Waals surface area contributed by atoms with Crippen LogP contribution in [0.5, 0.6) is 11.5 Å². The third-order valence-corrected chi connectivity index (χ3v) is 3.76. The van der Waals surface area contributed by atoms with E-state index in [9.17, 15) is 17.2 Å². The number of nitrogens with zero attached hydrogens (tertiary/aromatic N) is 1. The molecule has 0 fully saturated rings. The first-order valence-corrected chi connectivity index (χ1v) is 7.05. The van der Waals surface area contributed by atoms with Crippen molar-refractivity contribution in [3.05, 3.63) is 30.6 Å². The number of aromatic nitrogens is 2. The quantitative estimate of drug-likeness (QED) is 0.847. The summed E-state index contributed by atoms with van der Waals surface area (Å²) in [5.74, 6) is -0.221. The Hall–Kier alpha value is -2.36. The lowest BCUT2D eigenvalue weighted by Gasteiger charge is -2.12. The summed E-state index contributed by atoms with van der Waals surface area (Å²) in [6.45, 7) is -3.06. The summed E-state index contributed by atoms with van der Waals surface area (Å²) in [5.41, 5.74) is 0.0488. The molecule has 0 aliphatic rings. The monoisotopic (exact) mass is 319 g/mol. The van der Waals surface area contributed by atoms with E-state index >= 15 is 0 Å². The van der Waals surface area contributed by atoms with Gasteiger partial charge in [0.05, 0.1) is 19.0 Å². The number of halogens is 2. The van der Waals surface area contributed by atoms with Gasteiger partial charge in [0.15, 0.2) is 11.5 Å². The van der Waals surface area contributed by atoms with Gasteiger partial charge in [-0.1, -0.05) is 0 Å². The lowest BCUT2D eigenvalue weighted by Crippen LogP contribution is -2.12. The molecule has 21 heavy (non-hydrogen) atoms. The molecule has 0 saturated carbocycles. The van der Waals surface area contributed by atoms with Crippen LogP contribution in [0, 0.1) is 0 Å². The molecule has 2 rings (SSSR count). The van der Waals surface area contributed by atoms with Crippen molar-refractivity contribution in [1.29, 1.82) is 0 Å². The first-order chi connectivity index (χ1) is 9.92. The van der Waals surface area contributed by atoms with Crippen molar-refractivity contribution >= 4 is 15.7 Å². The van der Waals surface area contributed by atoms with E-state index in [0.717, 1.165) is 12.3 Å². The van der Waals surface area contributed by atoms with Gasteiger partial charge in [0.2, 0.25) is 0 Å². The average Bonchev–Trinajstić information content (AvgIpc) is 2.92. The van der Waals surface area contributed by atoms with Gasteiger partial charge in [0.1, 0.15) is 4.90 Å². The largest absolute Gasteiger partial charge is 0.493 e. The summed E-state index contributed by atoms with van der Waals surface area (Å²) >= 11 is 0. The van der Waals surface area contributed by atoms with Crippen LogP contribution in [0.3, 0.4) is 0 Å². The molecule has 0 saturated heterocycles. The number of H-pyrrole nitrogens is 1. The van der Waals surface area contributed by atoms with Crippen molar-refractivity contribution < 1.29 is 26.7 Å². The van der Waals surface area contributed by atoms with Gasteiger partial charge in [-0.15, -0.1) is 0 Å². The molecule has 1 aromatic carbocycles. The van der Waals surface area contributed by atoms with Crippen LogP contribution in [0.2, 0.25) is 0 Å². The molecule has 0 amide bonds. The molecule has 114 valence electrons. The van der Waals surface area contributed by atoms with Crippen molar-refractivity contribution in [1.82, 2.24) is 10.2 Å². The van der Waals surface area contributed by atoms with E-state index in [1.54, 1.807) is 0 Å². The Balaban J connectivity index is 2.29. The molecule has 0 radical (unpaired) electrons. The second kappa shape index (κ2) is 5.95. The van der Waals surface area contributed by atoms with Crippen molar-refractivity contribution in [3.63, 3.8) is 0 Å². The highest BCUT2D eigenvalue weighted by Crippen LogP contribution is 2.32. The highest BCUT2D eigenvalue weighted by atomic mass is 32.2. The van der Waals surface area contributed by atoms with Crippen LogP contribution in [0.4, 0.5) is 14.5 Å². The van der Waals surface area contributed by atoms with Gasteiger partial charge in [-0.2, -0.15) is 13.9 Å². The van der Waals surface area contributed by atoms with Crippen LogP contribution in [0.1, 0.15) is 0 Å². The predicted octanol–water partition coefficient (Wildman–Crippen LogP) is 1.82. The number of rotatable bonds is 6. The van der Waals surface area contributed by atoms with Crippen molar-refractivity contribution in [3.8, 4) is 11.5 Å². The average molecular weight is 319 g/mol. The Morgan fingerprint density at radius 2 is 2.10 bits per heavy atom. The third-order valence-electron chi connectivity index (χ3n) is 2.42. The van der Waals surface area contributed by atoms with Gasteiger partial charge in [-0.05, 0) is 12.1 Å². The van der Waals surface area contributed by atoms with Crippen LogP contribution in [-0.2, 0) is 10.0 Å². The summed E-state index contributed by atoms with van der Waals surface area (Å²) < 4.78 is 59.9. The molecule has 0 aliphatic carbocycles. The van der Waals surface area contributed by atoms with Gasteiger partial charge < -0.3 is 9.47 Å². The van der Waals surface area contributed by atoms with E-state index in [1.807, 2.05) is 0 Å². The summed E-state index contributed by atoms with van der Waals surface area (Å²) in [7, 11) is -2.58. The molecule has 2 N–H and O–H groups in total. The lowest BCUT2D eigenvalue weighted by atomic mass is 10.3. The highest BCUT2D eigenvalue weighted by Gasteiger charge is 2.17. The first-order valence-electron chi connectivity index (χ1n) is 5.57. The van der Waals surface area contributed by atoms with E-state index in [0.29, 0.717) is 0 Å². The van der Waals surface area contributed by atoms with Crippen molar-refractivity contribution in [2.45, 2.75) is 11.5 Å². The third kappa shape index (κ3) is 3.60. The molecular weight excluding hydrogens is 308 g/mol. The Bertz CT molecular complexity index is 704. The fourth-order valence-corrected chi connectivity index (χ4v) is 2.48. The molecular formula is C11H11F2N3O4S. The van der Waals surface area contributed by atoms with E-state index < -0.39 is 16.6 Å². The van der Waals surface area contributed by atoms with E-state index in [-0.39, 0.29) is 22.1 Å². The summed E-state index contributed by atoms with van der Waals surface area (Å²) in [5, 5.41) is 5.89. The normalized spacial score (nSPS) is 11.4. The number of hydrogen-bond donors (Lipinski definition) is 2. The zero-order valence-corrected chi connectivity index (χ0v) is 11.5. The molecule has 0 unspecified atom stereocenters. The molecule has 2 aromatic rings. The van der Waals surface area contributed by atoms with Crippen LogP contribution in [0.25, 0.3) is 0 Å². The number of nitrogens with one attached hydrogen (secondary N) is 2. The smallest absolute Gasteiger partial charge is 0.387 e. The fourth-order valence-electron chi connectivity index (χ4n) is 1.53. The molecule has 0 bridgehead atoms. The van der Waals surface area contributed by atoms with Gasteiger partial charge in [0.25, 0.3) is 10.0 Å². The Morgan fingerprint density at radius 3 is 2.67 bits per heavy atom. The maximum atomic E-state index is 12.3. The molecule has 0 aliphatic heterocycles. The maximum absolute atomic E-state index is 12.3. The number of anilines is 1. The molecule has 0 spiro atoms. The number of aromatic amines is 1. The van der Waals surface area contributed by atoms with Crippen molar-refractivity contribution in [2.24, 2.45) is 0 Å². The second-order valence-corrected chi connectivity index (χ2v) is 5.47. The van der Waals surface area contributed by atoms with E-state index in [1.165, 1.54) is 25.4 Å². The van der Waals surface area contributed by atoms with Gasteiger partial charge in [-0.25, -0.2) is 8.42 Å². The molecule has 7 nitrogen and oxygen atoms in total. The Morgan fingerprint density at radius 1 is 1.33 bits per heavy atom. The van der Waals surface area contributed by atoms with Crippen LogP contribution < -0.4 is 14.2 Å². The first kappa shape index (κ1) is 15.0. The zero-order chi connectivity index (χ0) is 15.5. The standard InChI is InChI=1S/C11H11F2N3O4S/c1-19-9-3-2-7(4-10(9)20-11(12)13)16-21(17,18)8-5-14-15-6-8/h2-6,11,16H,1H3,(H,14,15). The summed E-state index contributed by atoms with van der Waals surface area (Å²) in [4.78, 5) is -0.0883. The van der Waals surface area contributed by atoms with E-state index in [2.05, 4.69) is 19.7 Å². The Kier molecular flexibility index (Phi) is 4.26.